The Morgan fingerprint density at radius 1 is 1.04 bits per heavy atom. The third-order valence-electron chi connectivity index (χ3n) is 5.75. The number of para-hydroxylation sites is 1. The summed E-state index contributed by atoms with van der Waals surface area (Å²) in [5, 5.41) is 1.21. The van der Waals surface area contributed by atoms with E-state index in [0.29, 0.717) is 29.7 Å². The highest BCUT2D eigenvalue weighted by Crippen LogP contribution is 2.34. The van der Waals surface area contributed by atoms with E-state index in [0.717, 1.165) is 29.5 Å². The molecule has 0 radical (unpaired) electrons. The van der Waals surface area contributed by atoms with Crippen LogP contribution in [0.4, 0.5) is 0 Å². The Bertz CT molecular complexity index is 1080. The van der Waals surface area contributed by atoms with E-state index in [9.17, 15) is 8.42 Å². The van der Waals surface area contributed by atoms with Crippen molar-refractivity contribution in [2.75, 3.05) is 20.2 Å². The smallest absolute Gasteiger partial charge is 0.243 e. The van der Waals surface area contributed by atoms with E-state index in [-0.39, 0.29) is 0 Å². The molecule has 28 heavy (non-hydrogen) atoms. The van der Waals surface area contributed by atoms with Crippen LogP contribution < -0.4 is 4.74 Å². The minimum atomic E-state index is -3.50. The molecule has 1 aromatic heterocycles. The zero-order chi connectivity index (χ0) is 19.9. The molecule has 0 unspecified atom stereocenters. The molecule has 2 heterocycles. The number of methoxy groups -OCH3 is 1. The van der Waals surface area contributed by atoms with Crippen molar-refractivity contribution in [2.24, 2.45) is 0 Å². The maximum Gasteiger partial charge on any atom is 0.243 e. The molecule has 1 saturated heterocycles. The summed E-state index contributed by atoms with van der Waals surface area (Å²) >= 11 is 0. The maximum absolute atomic E-state index is 13.2. The van der Waals surface area contributed by atoms with Crippen molar-refractivity contribution in [3.63, 3.8) is 0 Å². The average Bonchev–Trinajstić information content (AvgIpc) is 3.13. The van der Waals surface area contributed by atoms with E-state index >= 15 is 0 Å². The minimum absolute atomic E-state index is 0.359. The highest BCUT2D eigenvalue weighted by atomic mass is 32.2. The van der Waals surface area contributed by atoms with E-state index in [1.54, 1.807) is 23.5 Å². The summed E-state index contributed by atoms with van der Waals surface area (Å²) in [6.07, 6.45) is 1.64. The van der Waals surface area contributed by atoms with Crippen LogP contribution >= 0.6 is 0 Å². The van der Waals surface area contributed by atoms with Crippen LogP contribution in [-0.2, 0) is 10.0 Å². The quantitative estimate of drug-likeness (QED) is 0.710. The Balaban J connectivity index is 1.53. The average molecular weight is 399 g/mol. The summed E-state index contributed by atoms with van der Waals surface area (Å²) in [5.74, 6) is 1.08. The van der Waals surface area contributed by atoms with Crippen molar-refractivity contribution in [3.05, 3.63) is 59.3 Å². The Kier molecular flexibility index (Phi) is 4.93. The van der Waals surface area contributed by atoms with Crippen LogP contribution in [0.2, 0.25) is 0 Å². The van der Waals surface area contributed by atoms with E-state index in [1.165, 1.54) is 11.1 Å². The van der Waals surface area contributed by atoms with Gasteiger partial charge in [0.1, 0.15) is 5.75 Å². The second-order valence-electron chi connectivity index (χ2n) is 7.58. The predicted molar refractivity (Wildman–Crippen MR) is 112 cm³/mol. The summed E-state index contributed by atoms with van der Waals surface area (Å²) in [4.78, 5) is 3.88. The molecule has 148 valence electrons. The number of nitrogens with one attached hydrogen (secondary N) is 1. The van der Waals surface area contributed by atoms with Gasteiger partial charge >= 0.3 is 0 Å². The van der Waals surface area contributed by atoms with E-state index in [2.05, 4.69) is 23.2 Å². The van der Waals surface area contributed by atoms with Crippen molar-refractivity contribution in [1.82, 2.24) is 9.29 Å². The van der Waals surface area contributed by atoms with E-state index in [4.69, 9.17) is 4.74 Å². The molecule has 2 aromatic carbocycles. The first-order chi connectivity index (χ1) is 13.4. The number of sulfonamides is 1. The molecule has 0 aliphatic carbocycles. The van der Waals surface area contributed by atoms with Crippen LogP contribution in [-0.4, -0.2) is 37.9 Å². The van der Waals surface area contributed by atoms with Crippen LogP contribution in [0.25, 0.3) is 10.9 Å². The normalized spacial score (nSPS) is 16.5. The third-order valence-corrected chi connectivity index (χ3v) is 7.80. The SMILES string of the molecule is COc1cc(C)c(S(=O)(=O)N2CCC(c3cc4ccccc4[nH]3)CC2)cc1C. The van der Waals surface area contributed by atoms with Crippen molar-refractivity contribution >= 4 is 20.9 Å². The van der Waals surface area contributed by atoms with Gasteiger partial charge in [-0.25, -0.2) is 8.42 Å². The number of fused-ring (bicyclic) bond motifs is 1. The predicted octanol–water partition coefficient (Wildman–Crippen LogP) is 4.36. The second-order valence-corrected chi connectivity index (χ2v) is 9.48. The van der Waals surface area contributed by atoms with Crippen molar-refractivity contribution in [1.29, 1.82) is 0 Å². The lowest BCUT2D eigenvalue weighted by Crippen LogP contribution is -2.38. The molecule has 0 atom stereocenters. The number of aromatic nitrogens is 1. The van der Waals surface area contributed by atoms with Gasteiger partial charge in [-0.05, 0) is 67.5 Å². The fraction of sp³-hybridized carbons (Fsp3) is 0.364. The van der Waals surface area contributed by atoms with Gasteiger partial charge in [0.15, 0.2) is 0 Å². The monoisotopic (exact) mass is 398 g/mol. The number of aryl methyl sites for hydroxylation is 2. The fourth-order valence-electron chi connectivity index (χ4n) is 4.12. The van der Waals surface area contributed by atoms with Gasteiger partial charge in [0.25, 0.3) is 0 Å². The van der Waals surface area contributed by atoms with Crippen molar-refractivity contribution in [3.8, 4) is 5.75 Å². The van der Waals surface area contributed by atoms with Gasteiger partial charge in [0, 0.05) is 30.2 Å². The number of benzene rings is 2. The van der Waals surface area contributed by atoms with Gasteiger partial charge < -0.3 is 9.72 Å². The molecule has 1 N–H and O–H groups in total. The molecular formula is C22H26N2O3S. The highest BCUT2D eigenvalue weighted by Gasteiger charge is 2.31. The zero-order valence-corrected chi connectivity index (χ0v) is 17.3. The molecule has 1 aliphatic rings. The molecule has 0 amide bonds. The molecule has 5 nitrogen and oxygen atoms in total. The Morgan fingerprint density at radius 3 is 2.43 bits per heavy atom. The van der Waals surface area contributed by atoms with Crippen molar-refractivity contribution < 1.29 is 13.2 Å². The van der Waals surface area contributed by atoms with Crippen LogP contribution in [0, 0.1) is 13.8 Å². The Hall–Kier alpha value is -2.31. The summed E-state index contributed by atoms with van der Waals surface area (Å²) < 4.78 is 33.4. The standard InChI is InChI=1S/C22H26N2O3S/c1-15-13-22(16(2)12-21(15)27-3)28(25,26)24-10-8-17(9-11-24)20-14-18-6-4-5-7-19(18)23-20/h4-7,12-14,17,23H,8-11H2,1-3H3. The lowest BCUT2D eigenvalue weighted by atomic mass is 9.95. The molecule has 0 saturated carbocycles. The molecular weight excluding hydrogens is 372 g/mol. The molecule has 0 spiro atoms. The first kappa shape index (κ1) is 19.0. The van der Waals surface area contributed by atoms with Crippen LogP contribution in [0.1, 0.15) is 35.6 Å². The van der Waals surface area contributed by atoms with E-state index < -0.39 is 10.0 Å². The summed E-state index contributed by atoms with van der Waals surface area (Å²) in [6, 6.07) is 14.0. The Labute approximate surface area is 166 Å². The van der Waals surface area contributed by atoms with Gasteiger partial charge in [-0.3, -0.25) is 0 Å². The number of piperidine rings is 1. The zero-order valence-electron chi connectivity index (χ0n) is 16.5. The van der Waals surface area contributed by atoms with Gasteiger partial charge in [-0.15, -0.1) is 0 Å². The van der Waals surface area contributed by atoms with Crippen LogP contribution in [0.5, 0.6) is 5.75 Å². The maximum atomic E-state index is 13.2. The summed E-state index contributed by atoms with van der Waals surface area (Å²) in [5.41, 5.74) is 3.89. The second kappa shape index (κ2) is 7.26. The molecule has 1 aliphatic heterocycles. The molecule has 3 aromatic rings. The topological polar surface area (TPSA) is 62.4 Å². The van der Waals surface area contributed by atoms with Gasteiger partial charge in [0.2, 0.25) is 10.0 Å². The molecule has 0 bridgehead atoms. The molecule has 4 rings (SSSR count). The number of hydrogen-bond donors (Lipinski definition) is 1. The van der Waals surface area contributed by atoms with E-state index in [1.807, 2.05) is 26.0 Å². The van der Waals surface area contributed by atoms with Crippen LogP contribution in [0.3, 0.4) is 0 Å². The number of aromatic amines is 1. The largest absolute Gasteiger partial charge is 0.496 e. The number of hydrogen-bond acceptors (Lipinski definition) is 3. The summed E-state index contributed by atoms with van der Waals surface area (Å²) in [6.45, 7) is 4.77. The van der Waals surface area contributed by atoms with Gasteiger partial charge in [-0.1, -0.05) is 18.2 Å². The number of H-pyrrole nitrogens is 1. The highest BCUT2D eigenvalue weighted by molar-refractivity contribution is 7.89. The fourth-order valence-corrected chi connectivity index (χ4v) is 5.88. The molecule has 6 heteroatoms. The summed E-state index contributed by atoms with van der Waals surface area (Å²) in [7, 11) is -1.90. The van der Waals surface area contributed by atoms with Gasteiger partial charge in [-0.2, -0.15) is 4.31 Å². The number of rotatable bonds is 4. The minimum Gasteiger partial charge on any atom is -0.496 e. The Morgan fingerprint density at radius 2 is 1.75 bits per heavy atom. The number of ether oxygens (including phenoxy) is 1. The van der Waals surface area contributed by atoms with Gasteiger partial charge in [0.05, 0.1) is 12.0 Å². The van der Waals surface area contributed by atoms with Crippen LogP contribution in [0.15, 0.2) is 47.4 Å². The van der Waals surface area contributed by atoms with Crippen molar-refractivity contribution in [2.45, 2.75) is 37.5 Å². The molecule has 1 fully saturated rings. The lowest BCUT2D eigenvalue weighted by Gasteiger charge is -2.31. The first-order valence-electron chi connectivity index (χ1n) is 9.63. The number of nitrogens with zero attached hydrogens (tertiary/aromatic N) is 1. The lowest BCUT2D eigenvalue weighted by molar-refractivity contribution is 0.317. The first-order valence-corrected chi connectivity index (χ1v) is 11.1. The third kappa shape index (κ3) is 3.31.